The molecular formula is C17H23NO3. The maximum absolute atomic E-state index is 12.4. The molecule has 0 atom stereocenters. The summed E-state index contributed by atoms with van der Waals surface area (Å²) in [6.45, 7) is 7.63. The first-order valence-electron chi connectivity index (χ1n) is 7.28. The molecule has 0 aromatic heterocycles. The Kier molecular flexibility index (Phi) is 4.08. The van der Waals surface area contributed by atoms with Gasteiger partial charge in [0.05, 0.1) is 12.7 Å². The maximum Gasteiger partial charge on any atom is 0.255 e. The molecule has 0 bridgehead atoms. The highest BCUT2D eigenvalue weighted by Crippen LogP contribution is 2.36. The number of methoxy groups -OCH3 is 1. The Morgan fingerprint density at radius 2 is 1.86 bits per heavy atom. The lowest BCUT2D eigenvalue weighted by molar-refractivity contribution is 0.0947. The zero-order valence-corrected chi connectivity index (χ0v) is 13.4. The second-order valence-corrected chi connectivity index (χ2v) is 6.66. The molecule has 114 valence electrons. The molecular weight excluding hydrogens is 266 g/mol. The average Bonchev–Trinajstić information content (AvgIpc) is 3.19. The van der Waals surface area contributed by atoms with Gasteiger partial charge in [-0.2, -0.15) is 0 Å². The van der Waals surface area contributed by atoms with Crippen LogP contribution in [0.3, 0.4) is 0 Å². The molecule has 4 heteroatoms. The Labute approximate surface area is 125 Å². The lowest BCUT2D eigenvalue weighted by Crippen LogP contribution is -2.27. The number of ether oxygens (including phenoxy) is 1. The monoisotopic (exact) mass is 289 g/mol. The summed E-state index contributed by atoms with van der Waals surface area (Å²) in [6, 6.07) is 3.73. The van der Waals surface area contributed by atoms with Crippen molar-refractivity contribution in [3.8, 4) is 5.75 Å². The van der Waals surface area contributed by atoms with Crippen LogP contribution in [0.25, 0.3) is 0 Å². The molecule has 0 unspecified atom stereocenters. The molecule has 0 spiro atoms. The number of rotatable bonds is 4. The predicted molar refractivity (Wildman–Crippen MR) is 82.2 cm³/mol. The molecule has 1 fully saturated rings. The van der Waals surface area contributed by atoms with Crippen molar-refractivity contribution in [1.29, 1.82) is 0 Å². The largest absolute Gasteiger partial charge is 0.496 e. The Balaban J connectivity index is 2.56. The highest BCUT2D eigenvalue weighted by atomic mass is 16.5. The Hall–Kier alpha value is -1.84. The third-order valence-electron chi connectivity index (χ3n) is 3.66. The van der Waals surface area contributed by atoms with Crippen LogP contribution in [-0.2, 0) is 5.41 Å². The van der Waals surface area contributed by atoms with Gasteiger partial charge in [-0.1, -0.05) is 20.8 Å². The Morgan fingerprint density at radius 1 is 1.24 bits per heavy atom. The van der Waals surface area contributed by atoms with Crippen LogP contribution in [0.2, 0.25) is 0 Å². The Morgan fingerprint density at radius 3 is 2.29 bits per heavy atom. The van der Waals surface area contributed by atoms with Gasteiger partial charge in [0.15, 0.2) is 5.78 Å². The topological polar surface area (TPSA) is 55.4 Å². The van der Waals surface area contributed by atoms with Crippen molar-refractivity contribution in [1.82, 2.24) is 5.32 Å². The van der Waals surface area contributed by atoms with E-state index in [1.807, 2.05) is 26.8 Å². The highest BCUT2D eigenvalue weighted by molar-refractivity contribution is 6.02. The van der Waals surface area contributed by atoms with Gasteiger partial charge in [0.1, 0.15) is 5.75 Å². The maximum atomic E-state index is 12.4. The van der Waals surface area contributed by atoms with Crippen LogP contribution in [0, 0.1) is 0 Å². The average molecular weight is 289 g/mol. The van der Waals surface area contributed by atoms with E-state index in [0.717, 1.165) is 18.4 Å². The summed E-state index contributed by atoms with van der Waals surface area (Å²) in [5.41, 5.74) is 1.65. The van der Waals surface area contributed by atoms with Crippen molar-refractivity contribution in [2.45, 2.75) is 52.0 Å². The van der Waals surface area contributed by atoms with Crippen LogP contribution in [0.1, 0.15) is 66.8 Å². The van der Waals surface area contributed by atoms with Gasteiger partial charge >= 0.3 is 0 Å². The second kappa shape index (κ2) is 5.51. The molecule has 2 rings (SSSR count). The molecule has 0 radical (unpaired) electrons. The van der Waals surface area contributed by atoms with Gasteiger partial charge in [-0.15, -0.1) is 0 Å². The SMILES string of the molecule is COc1c(C(=O)NC2CC2)cc(C(C)=O)cc1C(C)(C)C. The van der Waals surface area contributed by atoms with Gasteiger partial charge in [-0.3, -0.25) is 9.59 Å². The summed E-state index contributed by atoms with van der Waals surface area (Å²) in [6.07, 6.45) is 2.04. The fraction of sp³-hybridized carbons (Fsp3) is 0.529. The molecule has 1 saturated carbocycles. The minimum atomic E-state index is -0.217. The summed E-state index contributed by atoms with van der Waals surface area (Å²) in [5.74, 6) is 0.345. The van der Waals surface area contributed by atoms with Crippen LogP contribution in [0.15, 0.2) is 12.1 Å². The van der Waals surface area contributed by atoms with Crippen molar-refractivity contribution in [3.63, 3.8) is 0 Å². The predicted octanol–water partition coefficient (Wildman–Crippen LogP) is 3.09. The third kappa shape index (κ3) is 3.43. The number of hydrogen-bond acceptors (Lipinski definition) is 3. The third-order valence-corrected chi connectivity index (χ3v) is 3.66. The molecule has 1 aromatic carbocycles. The zero-order valence-electron chi connectivity index (χ0n) is 13.4. The van der Waals surface area contributed by atoms with E-state index in [0.29, 0.717) is 16.9 Å². The van der Waals surface area contributed by atoms with Gasteiger partial charge < -0.3 is 10.1 Å². The molecule has 1 aromatic rings. The van der Waals surface area contributed by atoms with Crippen LogP contribution in [0.4, 0.5) is 0 Å². The smallest absolute Gasteiger partial charge is 0.255 e. The molecule has 4 nitrogen and oxygen atoms in total. The number of hydrogen-bond donors (Lipinski definition) is 1. The summed E-state index contributed by atoms with van der Waals surface area (Å²) in [4.78, 5) is 24.2. The number of nitrogens with one attached hydrogen (secondary N) is 1. The van der Waals surface area contributed by atoms with E-state index in [4.69, 9.17) is 4.74 Å². The van der Waals surface area contributed by atoms with E-state index < -0.39 is 0 Å². The van der Waals surface area contributed by atoms with Gasteiger partial charge in [-0.05, 0) is 37.3 Å². The van der Waals surface area contributed by atoms with Crippen molar-refractivity contribution in [3.05, 3.63) is 28.8 Å². The van der Waals surface area contributed by atoms with Crippen LogP contribution < -0.4 is 10.1 Å². The highest BCUT2D eigenvalue weighted by Gasteiger charge is 2.29. The first-order valence-corrected chi connectivity index (χ1v) is 7.28. The van der Waals surface area contributed by atoms with Gasteiger partial charge in [-0.25, -0.2) is 0 Å². The van der Waals surface area contributed by atoms with Gasteiger partial charge in [0.25, 0.3) is 5.91 Å². The van der Waals surface area contributed by atoms with E-state index >= 15 is 0 Å². The van der Waals surface area contributed by atoms with E-state index in [1.54, 1.807) is 13.2 Å². The van der Waals surface area contributed by atoms with Crippen LogP contribution >= 0.6 is 0 Å². The molecule has 0 heterocycles. The van der Waals surface area contributed by atoms with Crippen molar-refractivity contribution < 1.29 is 14.3 Å². The number of Topliss-reactive ketones (excluding diaryl/α,β-unsaturated/α-hetero) is 1. The first kappa shape index (κ1) is 15.5. The molecule has 1 aliphatic rings. The zero-order chi connectivity index (χ0) is 15.8. The Bertz CT molecular complexity index is 580. The van der Waals surface area contributed by atoms with Crippen LogP contribution in [0.5, 0.6) is 5.75 Å². The van der Waals surface area contributed by atoms with Gasteiger partial charge in [0.2, 0.25) is 0 Å². The fourth-order valence-corrected chi connectivity index (χ4v) is 2.27. The van der Waals surface area contributed by atoms with Crippen LogP contribution in [-0.4, -0.2) is 24.8 Å². The quantitative estimate of drug-likeness (QED) is 0.867. The van der Waals surface area contributed by atoms with E-state index in [9.17, 15) is 9.59 Å². The summed E-state index contributed by atoms with van der Waals surface area (Å²) < 4.78 is 5.49. The molecule has 21 heavy (non-hydrogen) atoms. The molecule has 1 N–H and O–H groups in total. The summed E-state index contributed by atoms with van der Waals surface area (Å²) in [7, 11) is 1.56. The lowest BCUT2D eigenvalue weighted by Gasteiger charge is -2.24. The number of carbonyl (C=O) groups is 2. The van der Waals surface area contributed by atoms with E-state index in [-0.39, 0.29) is 23.1 Å². The fourth-order valence-electron chi connectivity index (χ4n) is 2.27. The van der Waals surface area contributed by atoms with E-state index in [2.05, 4.69) is 5.32 Å². The molecule has 0 aliphatic heterocycles. The standard InChI is InChI=1S/C17H23NO3/c1-10(19)11-8-13(16(20)18-12-6-7-12)15(21-5)14(9-11)17(2,3)4/h8-9,12H,6-7H2,1-5H3,(H,18,20). The minimum Gasteiger partial charge on any atom is -0.496 e. The summed E-state index contributed by atoms with van der Waals surface area (Å²) in [5, 5.41) is 2.96. The lowest BCUT2D eigenvalue weighted by atomic mass is 9.83. The molecule has 0 saturated heterocycles. The molecule has 1 amide bonds. The first-order chi connectivity index (χ1) is 9.74. The number of carbonyl (C=O) groups excluding carboxylic acids is 2. The minimum absolute atomic E-state index is 0.0522. The normalized spacial score (nSPS) is 14.7. The van der Waals surface area contributed by atoms with Crippen molar-refractivity contribution in [2.75, 3.05) is 7.11 Å². The van der Waals surface area contributed by atoms with Gasteiger partial charge in [0, 0.05) is 17.2 Å². The molecule has 1 aliphatic carbocycles. The number of ketones is 1. The number of benzene rings is 1. The van der Waals surface area contributed by atoms with Crippen molar-refractivity contribution >= 4 is 11.7 Å². The summed E-state index contributed by atoms with van der Waals surface area (Å²) >= 11 is 0. The number of amides is 1. The second-order valence-electron chi connectivity index (χ2n) is 6.66. The van der Waals surface area contributed by atoms with Crippen molar-refractivity contribution in [2.24, 2.45) is 0 Å². The van der Waals surface area contributed by atoms with E-state index in [1.165, 1.54) is 6.92 Å².